The second-order valence-electron chi connectivity index (χ2n) is 4.65. The standard InChI is InChI=1S/C11H19NO2/c1-8-10(11(13)14)4-2-3-7-12(8)9-5-6-9/h8-10H,2-7H2,1H3,(H,13,14)/t8-,10+/m1/s1. The summed E-state index contributed by atoms with van der Waals surface area (Å²) in [6.45, 7) is 3.19. The minimum atomic E-state index is -0.606. The Hall–Kier alpha value is -0.570. The Bertz CT molecular complexity index is 225. The minimum Gasteiger partial charge on any atom is -0.481 e. The Morgan fingerprint density at radius 3 is 2.57 bits per heavy atom. The highest BCUT2D eigenvalue weighted by atomic mass is 16.4. The van der Waals surface area contributed by atoms with E-state index in [0.717, 1.165) is 19.4 Å². The van der Waals surface area contributed by atoms with E-state index in [4.69, 9.17) is 5.11 Å². The summed E-state index contributed by atoms with van der Waals surface area (Å²) in [6, 6.07) is 0.937. The van der Waals surface area contributed by atoms with E-state index in [1.807, 2.05) is 0 Å². The van der Waals surface area contributed by atoms with Gasteiger partial charge in [-0.3, -0.25) is 9.69 Å². The number of carbonyl (C=O) groups is 1. The average Bonchev–Trinajstić information content (AvgIpc) is 2.90. The SMILES string of the molecule is C[C@@H]1[C@@H](C(=O)O)CCCCN1C1CC1. The predicted octanol–water partition coefficient (Wildman–Crippen LogP) is 1.72. The van der Waals surface area contributed by atoms with Crippen molar-refractivity contribution in [1.29, 1.82) is 0 Å². The molecule has 1 heterocycles. The normalized spacial score (nSPS) is 35.2. The number of rotatable bonds is 2. The van der Waals surface area contributed by atoms with E-state index in [-0.39, 0.29) is 12.0 Å². The van der Waals surface area contributed by atoms with Crippen molar-refractivity contribution in [2.24, 2.45) is 5.92 Å². The van der Waals surface area contributed by atoms with Gasteiger partial charge in [-0.1, -0.05) is 6.42 Å². The molecule has 1 N–H and O–H groups in total. The Balaban J connectivity index is 2.06. The molecule has 0 aromatic rings. The van der Waals surface area contributed by atoms with Gasteiger partial charge in [0.15, 0.2) is 0 Å². The van der Waals surface area contributed by atoms with Crippen LogP contribution < -0.4 is 0 Å². The third kappa shape index (κ3) is 1.92. The Morgan fingerprint density at radius 2 is 2.00 bits per heavy atom. The van der Waals surface area contributed by atoms with Crippen LogP contribution >= 0.6 is 0 Å². The van der Waals surface area contributed by atoms with Crippen molar-refractivity contribution in [3.63, 3.8) is 0 Å². The van der Waals surface area contributed by atoms with Gasteiger partial charge in [0, 0.05) is 12.1 Å². The van der Waals surface area contributed by atoms with Crippen LogP contribution in [0.2, 0.25) is 0 Å². The molecule has 3 nitrogen and oxygen atoms in total. The van der Waals surface area contributed by atoms with Gasteiger partial charge in [-0.05, 0) is 39.2 Å². The van der Waals surface area contributed by atoms with Crippen molar-refractivity contribution in [3.05, 3.63) is 0 Å². The number of carboxylic acid groups (broad SMARTS) is 1. The van der Waals surface area contributed by atoms with E-state index in [1.54, 1.807) is 0 Å². The molecule has 2 aliphatic rings. The van der Waals surface area contributed by atoms with Gasteiger partial charge in [0.1, 0.15) is 0 Å². The number of aliphatic carboxylic acids is 1. The van der Waals surface area contributed by atoms with Crippen LogP contribution in [0.3, 0.4) is 0 Å². The molecular formula is C11H19NO2. The van der Waals surface area contributed by atoms with Crippen molar-refractivity contribution in [2.45, 2.75) is 51.1 Å². The molecule has 0 radical (unpaired) electrons. The summed E-state index contributed by atoms with van der Waals surface area (Å²) < 4.78 is 0. The fourth-order valence-electron chi connectivity index (χ4n) is 2.59. The number of hydrogen-bond donors (Lipinski definition) is 1. The highest BCUT2D eigenvalue weighted by molar-refractivity contribution is 5.70. The van der Waals surface area contributed by atoms with Gasteiger partial charge in [-0.25, -0.2) is 0 Å². The third-order valence-corrected chi connectivity index (χ3v) is 3.62. The summed E-state index contributed by atoms with van der Waals surface area (Å²) in [6.07, 6.45) is 5.65. The molecule has 1 saturated heterocycles. The quantitative estimate of drug-likeness (QED) is 0.732. The molecule has 0 amide bonds. The molecule has 2 atom stereocenters. The van der Waals surface area contributed by atoms with E-state index in [1.165, 1.54) is 19.3 Å². The fraction of sp³-hybridized carbons (Fsp3) is 0.909. The van der Waals surface area contributed by atoms with E-state index in [2.05, 4.69) is 11.8 Å². The molecule has 0 bridgehead atoms. The van der Waals surface area contributed by atoms with Crippen molar-refractivity contribution in [3.8, 4) is 0 Å². The zero-order valence-corrected chi connectivity index (χ0v) is 8.78. The van der Waals surface area contributed by atoms with Gasteiger partial charge < -0.3 is 5.11 Å². The van der Waals surface area contributed by atoms with E-state index >= 15 is 0 Å². The molecular weight excluding hydrogens is 178 g/mol. The molecule has 80 valence electrons. The van der Waals surface area contributed by atoms with Crippen molar-refractivity contribution >= 4 is 5.97 Å². The van der Waals surface area contributed by atoms with Crippen molar-refractivity contribution in [1.82, 2.24) is 4.90 Å². The maximum absolute atomic E-state index is 11.1. The molecule has 1 aliphatic carbocycles. The summed E-state index contributed by atoms with van der Waals surface area (Å²) in [5, 5.41) is 9.13. The summed E-state index contributed by atoms with van der Waals surface area (Å²) in [5.74, 6) is -0.747. The molecule has 0 spiro atoms. The highest BCUT2D eigenvalue weighted by Gasteiger charge is 2.38. The number of carboxylic acids is 1. The van der Waals surface area contributed by atoms with Crippen LogP contribution in [0.4, 0.5) is 0 Å². The number of nitrogens with zero attached hydrogens (tertiary/aromatic N) is 1. The molecule has 2 rings (SSSR count). The van der Waals surface area contributed by atoms with Gasteiger partial charge in [0.05, 0.1) is 5.92 Å². The van der Waals surface area contributed by atoms with E-state index < -0.39 is 5.97 Å². The third-order valence-electron chi connectivity index (χ3n) is 3.62. The largest absolute Gasteiger partial charge is 0.481 e. The second kappa shape index (κ2) is 3.89. The van der Waals surface area contributed by atoms with Crippen LogP contribution in [0.5, 0.6) is 0 Å². The smallest absolute Gasteiger partial charge is 0.308 e. The van der Waals surface area contributed by atoms with Crippen molar-refractivity contribution < 1.29 is 9.90 Å². The lowest BCUT2D eigenvalue weighted by molar-refractivity contribution is -0.144. The van der Waals surface area contributed by atoms with Crippen LogP contribution in [0, 0.1) is 5.92 Å². The van der Waals surface area contributed by atoms with Crippen LogP contribution in [-0.2, 0) is 4.79 Å². The molecule has 1 aliphatic heterocycles. The van der Waals surface area contributed by atoms with Crippen LogP contribution in [-0.4, -0.2) is 34.6 Å². The lowest BCUT2D eigenvalue weighted by Crippen LogP contribution is -2.41. The molecule has 0 aromatic heterocycles. The van der Waals surface area contributed by atoms with Gasteiger partial charge in [-0.15, -0.1) is 0 Å². The van der Waals surface area contributed by atoms with Crippen LogP contribution in [0.1, 0.15) is 39.0 Å². The molecule has 0 unspecified atom stereocenters. The lowest BCUT2D eigenvalue weighted by Gasteiger charge is -2.30. The molecule has 14 heavy (non-hydrogen) atoms. The first-order chi connectivity index (χ1) is 6.70. The first-order valence-electron chi connectivity index (χ1n) is 5.68. The number of likely N-dealkylation sites (tertiary alicyclic amines) is 1. The zero-order chi connectivity index (χ0) is 10.1. The first-order valence-corrected chi connectivity index (χ1v) is 5.68. The van der Waals surface area contributed by atoms with Crippen LogP contribution in [0.25, 0.3) is 0 Å². The fourth-order valence-corrected chi connectivity index (χ4v) is 2.59. The average molecular weight is 197 g/mol. The summed E-state index contributed by atoms with van der Waals surface area (Å²) >= 11 is 0. The molecule has 2 fully saturated rings. The molecule has 0 aromatic carbocycles. The Morgan fingerprint density at radius 1 is 1.29 bits per heavy atom. The van der Waals surface area contributed by atoms with Gasteiger partial charge >= 0.3 is 5.97 Å². The lowest BCUT2D eigenvalue weighted by atomic mass is 9.96. The van der Waals surface area contributed by atoms with Gasteiger partial charge in [-0.2, -0.15) is 0 Å². The first kappa shape index (κ1) is 9.97. The Kier molecular flexibility index (Phi) is 2.77. The summed E-state index contributed by atoms with van der Waals surface area (Å²) in [5.41, 5.74) is 0. The van der Waals surface area contributed by atoms with E-state index in [9.17, 15) is 4.79 Å². The zero-order valence-electron chi connectivity index (χ0n) is 8.78. The van der Waals surface area contributed by atoms with Gasteiger partial charge in [0.2, 0.25) is 0 Å². The van der Waals surface area contributed by atoms with Crippen LogP contribution in [0.15, 0.2) is 0 Å². The topological polar surface area (TPSA) is 40.5 Å². The molecule has 3 heteroatoms. The molecule has 1 saturated carbocycles. The number of hydrogen-bond acceptors (Lipinski definition) is 2. The minimum absolute atomic E-state index is 0.141. The highest BCUT2D eigenvalue weighted by Crippen LogP contribution is 2.34. The summed E-state index contributed by atoms with van der Waals surface area (Å²) in [4.78, 5) is 13.5. The second-order valence-corrected chi connectivity index (χ2v) is 4.65. The monoisotopic (exact) mass is 197 g/mol. The van der Waals surface area contributed by atoms with E-state index in [0.29, 0.717) is 6.04 Å². The maximum atomic E-state index is 11.1. The maximum Gasteiger partial charge on any atom is 0.308 e. The van der Waals surface area contributed by atoms with Gasteiger partial charge in [0.25, 0.3) is 0 Å². The Labute approximate surface area is 85.1 Å². The predicted molar refractivity (Wildman–Crippen MR) is 54.2 cm³/mol. The summed E-state index contributed by atoms with van der Waals surface area (Å²) in [7, 11) is 0. The van der Waals surface area contributed by atoms with Crippen molar-refractivity contribution in [2.75, 3.05) is 6.54 Å².